The molecule has 8 N–H and O–H groups in total. The highest BCUT2D eigenvalue weighted by Crippen LogP contribution is 2.47. The van der Waals surface area contributed by atoms with Crippen LogP contribution in [0.1, 0.15) is 0 Å². The summed E-state index contributed by atoms with van der Waals surface area (Å²) in [5.74, 6) is -2.90. The monoisotopic (exact) mass is 488 g/mol. The van der Waals surface area contributed by atoms with E-state index in [0.717, 1.165) is 12.1 Å². The topological polar surface area (TPSA) is 211 Å². The van der Waals surface area contributed by atoms with E-state index in [1.807, 2.05) is 0 Å². The van der Waals surface area contributed by atoms with Gasteiger partial charge in [-0.25, -0.2) is 4.79 Å². The van der Waals surface area contributed by atoms with Crippen LogP contribution in [-0.2, 0) is 4.74 Å². The molecule has 1 aliphatic heterocycles. The Morgan fingerprint density at radius 2 is 1.54 bits per heavy atom. The van der Waals surface area contributed by atoms with Crippen LogP contribution in [0, 0.1) is 0 Å². The number of phenols is 4. The molecule has 35 heavy (non-hydrogen) atoms. The van der Waals surface area contributed by atoms with Gasteiger partial charge in [0.2, 0.25) is 12.0 Å². The van der Waals surface area contributed by atoms with E-state index < -0.39 is 65.9 Å². The van der Waals surface area contributed by atoms with Crippen molar-refractivity contribution in [1.82, 2.24) is 0 Å². The summed E-state index contributed by atoms with van der Waals surface area (Å²) >= 11 is 0. The Labute approximate surface area is 194 Å². The number of ether oxygens (including phenoxy) is 2. The van der Waals surface area contributed by atoms with Crippen LogP contribution >= 0.6 is 0 Å². The summed E-state index contributed by atoms with van der Waals surface area (Å²) in [4.78, 5) is 12.8. The molecule has 0 amide bonds. The summed E-state index contributed by atoms with van der Waals surface area (Å²) in [6.07, 6.45) is -8.42. The number of aliphatic hydroxyl groups excluding tert-OH is 4. The van der Waals surface area contributed by atoms with Crippen molar-refractivity contribution in [3.8, 4) is 28.7 Å². The molecule has 1 saturated heterocycles. The second kappa shape index (κ2) is 8.15. The van der Waals surface area contributed by atoms with Crippen molar-refractivity contribution in [2.24, 2.45) is 0 Å². The molecule has 2 heterocycles. The summed E-state index contributed by atoms with van der Waals surface area (Å²) in [5.41, 5.74) is -1.05. The minimum absolute atomic E-state index is 0.00176. The fourth-order valence-corrected chi connectivity index (χ4v) is 4.32. The summed E-state index contributed by atoms with van der Waals surface area (Å²) in [6, 6.07) is 6.33. The van der Waals surface area contributed by atoms with Gasteiger partial charge < -0.3 is 54.7 Å². The lowest BCUT2D eigenvalue weighted by Crippen LogP contribution is -2.60. The van der Waals surface area contributed by atoms with Gasteiger partial charge in [-0.2, -0.15) is 0 Å². The summed E-state index contributed by atoms with van der Waals surface area (Å²) in [7, 11) is 0. The van der Waals surface area contributed by atoms with Gasteiger partial charge >= 0.3 is 5.63 Å². The second-order valence-electron chi connectivity index (χ2n) is 8.17. The Bertz CT molecular complexity index is 1530. The smallest absolute Gasteiger partial charge is 0.344 e. The van der Waals surface area contributed by atoms with E-state index in [4.69, 9.17) is 13.9 Å². The van der Waals surface area contributed by atoms with E-state index in [9.17, 15) is 45.6 Å². The van der Waals surface area contributed by atoms with E-state index in [1.165, 1.54) is 18.2 Å². The highest BCUT2D eigenvalue weighted by Gasteiger charge is 2.45. The average molecular weight is 488 g/mol. The Balaban J connectivity index is 1.81. The number of hydrogen-bond acceptors (Lipinski definition) is 12. The van der Waals surface area contributed by atoms with Gasteiger partial charge in [-0.15, -0.1) is 0 Å². The van der Waals surface area contributed by atoms with Gasteiger partial charge in [-0.3, -0.25) is 0 Å². The van der Waals surface area contributed by atoms with Crippen LogP contribution in [0.15, 0.2) is 39.5 Å². The number of aromatic hydroxyl groups is 4. The number of hydrogen-bond donors (Lipinski definition) is 8. The molecular formula is C23H20O12. The molecule has 4 aromatic rings. The summed E-state index contributed by atoms with van der Waals surface area (Å²) in [6.45, 7) is -0.743. The molecule has 3 aromatic carbocycles. The molecule has 5 atom stereocenters. The summed E-state index contributed by atoms with van der Waals surface area (Å²) < 4.78 is 16.3. The Kier molecular flexibility index (Phi) is 5.34. The second-order valence-corrected chi connectivity index (χ2v) is 8.17. The minimum atomic E-state index is -1.86. The first-order valence-electron chi connectivity index (χ1n) is 10.4. The molecular weight excluding hydrogens is 468 g/mol. The molecule has 184 valence electrons. The van der Waals surface area contributed by atoms with Crippen molar-refractivity contribution in [2.75, 3.05) is 6.61 Å². The van der Waals surface area contributed by atoms with Gasteiger partial charge in [0.1, 0.15) is 41.5 Å². The molecule has 0 saturated carbocycles. The third kappa shape index (κ3) is 3.38. The zero-order chi connectivity index (χ0) is 25.2. The molecule has 0 spiro atoms. The van der Waals surface area contributed by atoms with Crippen LogP contribution < -0.4 is 10.4 Å². The largest absolute Gasteiger partial charge is 0.507 e. The normalized spacial score (nSPS) is 24.9. The molecule has 12 heteroatoms. The highest BCUT2D eigenvalue weighted by atomic mass is 16.7. The van der Waals surface area contributed by atoms with Crippen molar-refractivity contribution in [3.05, 3.63) is 40.8 Å². The van der Waals surface area contributed by atoms with Gasteiger partial charge in [0.05, 0.1) is 17.4 Å². The van der Waals surface area contributed by atoms with Crippen molar-refractivity contribution in [2.45, 2.75) is 30.7 Å². The first-order valence-corrected chi connectivity index (χ1v) is 10.4. The molecule has 0 bridgehead atoms. The Morgan fingerprint density at radius 3 is 2.26 bits per heavy atom. The maximum Gasteiger partial charge on any atom is 0.344 e. The lowest BCUT2D eigenvalue weighted by Gasteiger charge is -2.39. The molecule has 12 nitrogen and oxygen atoms in total. The van der Waals surface area contributed by atoms with Gasteiger partial charge in [0, 0.05) is 16.2 Å². The zero-order valence-corrected chi connectivity index (χ0v) is 17.7. The van der Waals surface area contributed by atoms with Gasteiger partial charge in [-0.05, 0) is 18.2 Å². The van der Waals surface area contributed by atoms with Crippen LogP contribution in [0.2, 0.25) is 0 Å². The number of fused-ring (bicyclic) bond motifs is 5. The zero-order valence-electron chi connectivity index (χ0n) is 17.7. The lowest BCUT2D eigenvalue weighted by atomic mass is 9.98. The van der Waals surface area contributed by atoms with Crippen LogP contribution in [0.3, 0.4) is 0 Å². The predicted molar refractivity (Wildman–Crippen MR) is 119 cm³/mol. The first kappa shape index (κ1) is 23.0. The number of rotatable bonds is 3. The molecule has 1 aliphatic rings. The Hall–Kier alpha value is -3.81. The molecule has 5 rings (SSSR count). The molecule has 0 aliphatic carbocycles. The van der Waals surface area contributed by atoms with Gasteiger partial charge in [-0.1, -0.05) is 12.1 Å². The van der Waals surface area contributed by atoms with Crippen molar-refractivity contribution < 1.29 is 54.7 Å². The summed E-state index contributed by atoms with van der Waals surface area (Å²) in [5, 5.41) is 81.3. The average Bonchev–Trinajstić information content (AvgIpc) is 2.83. The molecule has 1 fully saturated rings. The maximum atomic E-state index is 12.8. The standard InChI is InChI=1S/C23H20O12/c24-6-13-17(29)18(30)19(31)23(33-13)35-21-14-8-4-11(26)15-7(2-1-3-10(15)25)20(8)34-22(32)9(14)5-12(27)16(21)28/h1-5,13,17-19,23-31H,6H2. The molecule has 1 aromatic heterocycles. The van der Waals surface area contributed by atoms with Gasteiger partial charge in [0.15, 0.2) is 11.5 Å². The number of aliphatic hydroxyl groups is 4. The number of benzene rings is 3. The third-order valence-electron chi connectivity index (χ3n) is 6.07. The fourth-order valence-electron chi connectivity index (χ4n) is 4.32. The van der Waals surface area contributed by atoms with E-state index in [-0.39, 0.29) is 38.3 Å². The van der Waals surface area contributed by atoms with E-state index in [0.29, 0.717) is 0 Å². The minimum Gasteiger partial charge on any atom is -0.507 e. The van der Waals surface area contributed by atoms with Crippen LogP contribution in [0.5, 0.6) is 28.7 Å². The quantitative estimate of drug-likeness (QED) is 0.110. The SMILES string of the molecule is O=c1oc2c3cccc(O)c3c(O)cc2c2c(OC3OC(CO)C(O)C(O)C3O)c(O)c(O)cc12. The van der Waals surface area contributed by atoms with E-state index in [1.54, 1.807) is 0 Å². The molecule has 0 radical (unpaired) electrons. The first-order chi connectivity index (χ1) is 16.6. The van der Waals surface area contributed by atoms with Crippen molar-refractivity contribution in [1.29, 1.82) is 0 Å². The number of phenolic OH excluding ortho intramolecular Hbond substituents is 4. The highest BCUT2D eigenvalue weighted by molar-refractivity contribution is 6.19. The van der Waals surface area contributed by atoms with E-state index in [2.05, 4.69) is 0 Å². The fraction of sp³-hybridized carbons (Fsp3) is 0.261. The van der Waals surface area contributed by atoms with Crippen LogP contribution in [-0.4, -0.2) is 78.2 Å². The molecule has 5 unspecified atom stereocenters. The van der Waals surface area contributed by atoms with Crippen molar-refractivity contribution >= 4 is 32.5 Å². The predicted octanol–water partition coefficient (Wildman–Crippen LogP) is 0.100. The van der Waals surface area contributed by atoms with Crippen LogP contribution in [0.4, 0.5) is 0 Å². The van der Waals surface area contributed by atoms with Crippen LogP contribution in [0.25, 0.3) is 32.5 Å². The van der Waals surface area contributed by atoms with E-state index >= 15 is 0 Å². The third-order valence-corrected chi connectivity index (χ3v) is 6.07. The maximum absolute atomic E-state index is 12.8. The van der Waals surface area contributed by atoms with Gasteiger partial charge in [0.25, 0.3) is 0 Å². The van der Waals surface area contributed by atoms with Crippen molar-refractivity contribution in [3.63, 3.8) is 0 Å². The lowest BCUT2D eigenvalue weighted by molar-refractivity contribution is -0.277. The Morgan fingerprint density at radius 1 is 0.829 bits per heavy atom.